The number of carbonyl (C=O) groups excluding carboxylic acids is 2. The SMILES string of the molecule is CCCCCCCCCC(OC(C)=O)C(C)NC(C)=O. The van der Waals surface area contributed by atoms with E-state index in [4.69, 9.17) is 4.74 Å². The Bertz CT molecular complexity index is 279. The summed E-state index contributed by atoms with van der Waals surface area (Å²) in [5.74, 6) is -0.371. The summed E-state index contributed by atoms with van der Waals surface area (Å²) in [5, 5.41) is 2.80. The van der Waals surface area contributed by atoms with Crippen LogP contribution in [0.2, 0.25) is 0 Å². The average molecular weight is 285 g/mol. The first kappa shape index (κ1) is 18.9. The lowest BCUT2D eigenvalue weighted by molar-refractivity contribution is -0.148. The van der Waals surface area contributed by atoms with Crippen molar-refractivity contribution in [1.82, 2.24) is 5.32 Å². The standard InChI is InChI=1S/C16H31NO3/c1-5-6-7-8-9-10-11-12-16(20-15(4)19)13(2)17-14(3)18/h13,16H,5-12H2,1-4H3,(H,17,18). The Morgan fingerprint density at radius 1 is 1.00 bits per heavy atom. The molecule has 2 unspecified atom stereocenters. The van der Waals surface area contributed by atoms with Gasteiger partial charge in [-0.2, -0.15) is 0 Å². The number of hydrogen-bond donors (Lipinski definition) is 1. The van der Waals surface area contributed by atoms with Crippen molar-refractivity contribution in [3.8, 4) is 0 Å². The maximum absolute atomic E-state index is 11.1. The number of hydrogen-bond acceptors (Lipinski definition) is 3. The zero-order valence-electron chi connectivity index (χ0n) is 13.5. The zero-order chi connectivity index (χ0) is 15.4. The number of nitrogens with one attached hydrogen (secondary N) is 1. The van der Waals surface area contributed by atoms with Crippen LogP contribution in [0, 0.1) is 0 Å². The van der Waals surface area contributed by atoms with E-state index in [9.17, 15) is 9.59 Å². The Morgan fingerprint density at radius 3 is 2.05 bits per heavy atom. The summed E-state index contributed by atoms with van der Waals surface area (Å²) in [6.07, 6.45) is 9.21. The lowest BCUT2D eigenvalue weighted by Gasteiger charge is -2.24. The van der Waals surface area contributed by atoms with Gasteiger partial charge in [0.25, 0.3) is 0 Å². The molecule has 1 amide bonds. The maximum Gasteiger partial charge on any atom is 0.302 e. The lowest BCUT2D eigenvalue weighted by Crippen LogP contribution is -2.42. The van der Waals surface area contributed by atoms with Crippen LogP contribution in [0.1, 0.15) is 79.1 Å². The highest BCUT2D eigenvalue weighted by molar-refractivity contribution is 5.73. The highest BCUT2D eigenvalue weighted by Crippen LogP contribution is 2.13. The highest BCUT2D eigenvalue weighted by Gasteiger charge is 2.20. The first-order valence-corrected chi connectivity index (χ1v) is 7.91. The molecular formula is C16H31NO3. The molecule has 20 heavy (non-hydrogen) atoms. The normalized spacial score (nSPS) is 13.6. The molecule has 0 aromatic heterocycles. The topological polar surface area (TPSA) is 55.4 Å². The van der Waals surface area contributed by atoms with Crippen LogP contribution in [0.15, 0.2) is 0 Å². The largest absolute Gasteiger partial charge is 0.460 e. The molecule has 0 heterocycles. The van der Waals surface area contributed by atoms with Crippen molar-refractivity contribution in [3.63, 3.8) is 0 Å². The van der Waals surface area contributed by atoms with Gasteiger partial charge in [0.2, 0.25) is 5.91 Å². The molecule has 0 spiro atoms. The van der Waals surface area contributed by atoms with Crippen LogP contribution in [-0.4, -0.2) is 24.0 Å². The van der Waals surface area contributed by atoms with Gasteiger partial charge >= 0.3 is 5.97 Å². The second kappa shape index (κ2) is 11.7. The van der Waals surface area contributed by atoms with Crippen LogP contribution in [0.3, 0.4) is 0 Å². The summed E-state index contributed by atoms with van der Waals surface area (Å²) in [5.41, 5.74) is 0. The Kier molecular flexibility index (Phi) is 11.1. The maximum atomic E-state index is 11.1. The highest BCUT2D eigenvalue weighted by atomic mass is 16.5. The van der Waals surface area contributed by atoms with E-state index in [1.807, 2.05) is 6.92 Å². The molecule has 0 aromatic rings. The van der Waals surface area contributed by atoms with E-state index in [1.54, 1.807) is 0 Å². The van der Waals surface area contributed by atoms with Crippen molar-refractivity contribution in [1.29, 1.82) is 0 Å². The minimum absolute atomic E-state index is 0.0887. The van der Waals surface area contributed by atoms with Crippen molar-refractivity contribution in [2.45, 2.75) is 91.2 Å². The van der Waals surface area contributed by atoms with Gasteiger partial charge in [0, 0.05) is 13.8 Å². The summed E-state index contributed by atoms with van der Waals surface area (Å²) in [7, 11) is 0. The fourth-order valence-electron chi connectivity index (χ4n) is 2.34. The van der Waals surface area contributed by atoms with Crippen molar-refractivity contribution in [2.24, 2.45) is 0 Å². The molecule has 0 rings (SSSR count). The van der Waals surface area contributed by atoms with Gasteiger partial charge in [0.15, 0.2) is 0 Å². The van der Waals surface area contributed by atoms with E-state index in [-0.39, 0.29) is 24.0 Å². The van der Waals surface area contributed by atoms with Gasteiger partial charge in [0.05, 0.1) is 6.04 Å². The van der Waals surface area contributed by atoms with Crippen molar-refractivity contribution < 1.29 is 14.3 Å². The van der Waals surface area contributed by atoms with Crippen LogP contribution in [0.4, 0.5) is 0 Å². The zero-order valence-corrected chi connectivity index (χ0v) is 13.5. The third-order valence-electron chi connectivity index (χ3n) is 3.40. The molecule has 0 aliphatic heterocycles. The third-order valence-corrected chi connectivity index (χ3v) is 3.40. The Labute approximate surface area is 123 Å². The molecule has 1 N–H and O–H groups in total. The quantitative estimate of drug-likeness (QED) is 0.466. The fraction of sp³-hybridized carbons (Fsp3) is 0.875. The number of unbranched alkanes of at least 4 members (excludes halogenated alkanes) is 6. The predicted molar refractivity (Wildman–Crippen MR) is 81.4 cm³/mol. The van der Waals surface area contributed by atoms with E-state index in [2.05, 4.69) is 12.2 Å². The average Bonchev–Trinajstić information content (AvgIpc) is 2.35. The molecule has 0 bridgehead atoms. The molecule has 0 fully saturated rings. The number of ether oxygens (including phenoxy) is 1. The van der Waals surface area contributed by atoms with Crippen molar-refractivity contribution in [2.75, 3.05) is 0 Å². The first-order valence-electron chi connectivity index (χ1n) is 7.91. The minimum atomic E-state index is -0.282. The number of carbonyl (C=O) groups is 2. The van der Waals surface area contributed by atoms with Gasteiger partial charge in [-0.25, -0.2) is 0 Å². The summed E-state index contributed by atoms with van der Waals surface area (Å²) < 4.78 is 5.30. The molecule has 2 atom stereocenters. The Hall–Kier alpha value is -1.06. The van der Waals surface area contributed by atoms with Gasteiger partial charge in [0.1, 0.15) is 6.10 Å². The van der Waals surface area contributed by atoms with Crippen LogP contribution in [-0.2, 0) is 14.3 Å². The summed E-state index contributed by atoms with van der Waals surface area (Å²) in [6.45, 7) is 7.00. The first-order chi connectivity index (χ1) is 9.47. The van der Waals surface area contributed by atoms with Crippen LogP contribution in [0.25, 0.3) is 0 Å². The monoisotopic (exact) mass is 285 g/mol. The Morgan fingerprint density at radius 2 is 1.55 bits per heavy atom. The number of amides is 1. The molecule has 0 aliphatic rings. The van der Waals surface area contributed by atoms with Gasteiger partial charge < -0.3 is 10.1 Å². The van der Waals surface area contributed by atoms with Crippen molar-refractivity contribution >= 4 is 11.9 Å². The third kappa shape index (κ3) is 10.8. The van der Waals surface area contributed by atoms with Gasteiger partial charge in [-0.1, -0.05) is 45.4 Å². The fourth-order valence-corrected chi connectivity index (χ4v) is 2.34. The summed E-state index contributed by atoms with van der Waals surface area (Å²) in [6, 6.07) is -0.128. The Balaban J connectivity index is 3.92. The van der Waals surface area contributed by atoms with Gasteiger partial charge in [-0.3, -0.25) is 9.59 Å². The number of esters is 1. The molecule has 0 saturated heterocycles. The minimum Gasteiger partial charge on any atom is -0.460 e. The van der Waals surface area contributed by atoms with Gasteiger partial charge in [-0.15, -0.1) is 0 Å². The molecule has 118 valence electrons. The number of rotatable bonds is 11. The predicted octanol–water partition coefficient (Wildman–Crippen LogP) is 3.58. The molecule has 0 saturated carbocycles. The molecule has 0 radical (unpaired) electrons. The van der Waals surface area contributed by atoms with Gasteiger partial charge in [-0.05, 0) is 19.8 Å². The molecule has 0 aromatic carbocycles. The van der Waals surface area contributed by atoms with Crippen molar-refractivity contribution in [3.05, 3.63) is 0 Å². The van der Waals surface area contributed by atoms with E-state index < -0.39 is 0 Å². The molecule has 0 aliphatic carbocycles. The van der Waals surface area contributed by atoms with E-state index in [0.717, 1.165) is 19.3 Å². The summed E-state index contributed by atoms with van der Waals surface area (Å²) >= 11 is 0. The van der Waals surface area contributed by atoms with E-state index in [1.165, 1.54) is 46.0 Å². The smallest absolute Gasteiger partial charge is 0.302 e. The second-order valence-corrected chi connectivity index (χ2v) is 5.55. The second-order valence-electron chi connectivity index (χ2n) is 5.55. The van der Waals surface area contributed by atoms with Crippen LogP contribution in [0.5, 0.6) is 0 Å². The molecular weight excluding hydrogens is 254 g/mol. The van der Waals surface area contributed by atoms with E-state index >= 15 is 0 Å². The van der Waals surface area contributed by atoms with Crippen LogP contribution >= 0.6 is 0 Å². The van der Waals surface area contributed by atoms with E-state index in [0.29, 0.717) is 0 Å². The molecule has 4 nitrogen and oxygen atoms in total. The van der Waals surface area contributed by atoms with Crippen LogP contribution < -0.4 is 5.32 Å². The summed E-state index contributed by atoms with van der Waals surface area (Å²) in [4.78, 5) is 22.2. The molecule has 4 heteroatoms. The lowest BCUT2D eigenvalue weighted by atomic mass is 10.0.